The first-order chi connectivity index (χ1) is 13.2. The van der Waals surface area contributed by atoms with Crippen LogP contribution >= 0.6 is 0 Å². The molecule has 0 radical (unpaired) electrons. The molecule has 4 unspecified atom stereocenters. The fourth-order valence-corrected chi connectivity index (χ4v) is 6.28. The van der Waals surface area contributed by atoms with Gasteiger partial charge in [0.25, 0.3) is 0 Å². The average Bonchev–Trinajstić information content (AvgIpc) is 3.06. The molecule has 156 valence electrons. The molecule has 0 aromatic carbocycles. The zero-order chi connectivity index (χ0) is 20.5. The van der Waals surface area contributed by atoms with E-state index in [2.05, 4.69) is 45.5 Å². The molecule has 28 heavy (non-hydrogen) atoms. The van der Waals surface area contributed by atoms with E-state index in [1.165, 1.54) is 24.7 Å². The van der Waals surface area contributed by atoms with Gasteiger partial charge >= 0.3 is 5.97 Å². The lowest BCUT2D eigenvalue weighted by Gasteiger charge is -2.57. The molecule has 4 atom stereocenters. The van der Waals surface area contributed by atoms with Gasteiger partial charge in [0.2, 0.25) is 0 Å². The van der Waals surface area contributed by atoms with Crippen molar-refractivity contribution in [2.45, 2.75) is 65.3 Å². The van der Waals surface area contributed by atoms with Crippen molar-refractivity contribution >= 4 is 5.97 Å². The first-order valence-electron chi connectivity index (χ1n) is 10.7. The first kappa shape index (κ1) is 21.2. The quantitative estimate of drug-likeness (QED) is 0.495. The number of aryl methyl sites for hydroxylation is 1. The lowest BCUT2D eigenvalue weighted by molar-refractivity contribution is -0.168. The molecule has 1 aromatic heterocycles. The number of ether oxygens (including phenoxy) is 1. The van der Waals surface area contributed by atoms with Gasteiger partial charge in [-0.1, -0.05) is 25.5 Å². The summed E-state index contributed by atoms with van der Waals surface area (Å²) in [5.74, 6) is 1.84. The smallest absolute Gasteiger partial charge is 0.311 e. The third-order valence-corrected chi connectivity index (χ3v) is 7.67. The fraction of sp³-hybridized carbons (Fsp3) is 0.708. The Morgan fingerprint density at radius 2 is 2.11 bits per heavy atom. The highest BCUT2D eigenvalue weighted by molar-refractivity contribution is 5.77. The second kappa shape index (κ2) is 8.06. The van der Waals surface area contributed by atoms with Crippen molar-refractivity contribution in [1.82, 2.24) is 4.90 Å². The van der Waals surface area contributed by atoms with Crippen molar-refractivity contribution in [2.75, 3.05) is 21.2 Å². The summed E-state index contributed by atoms with van der Waals surface area (Å²) < 4.78 is 11.0. The number of methoxy groups -OCH3 is 1. The van der Waals surface area contributed by atoms with Gasteiger partial charge in [-0.2, -0.15) is 0 Å². The number of hydrogen-bond donors (Lipinski definition) is 0. The van der Waals surface area contributed by atoms with Gasteiger partial charge in [-0.3, -0.25) is 4.79 Å². The van der Waals surface area contributed by atoms with Crippen LogP contribution in [0.25, 0.3) is 0 Å². The average molecular weight is 388 g/mol. The molecule has 4 nitrogen and oxygen atoms in total. The largest absolute Gasteiger partial charge is 0.469 e. The van der Waals surface area contributed by atoms with Gasteiger partial charge in [-0.05, 0) is 88.4 Å². The SMILES string of the molecule is C=C1CCC2C(C)(C(=O)OC)CCCC2(C)C1CCc1ccoc1CN(C)C. The van der Waals surface area contributed by atoms with E-state index in [4.69, 9.17) is 9.15 Å². The second-order valence-electron chi connectivity index (χ2n) is 9.72. The topological polar surface area (TPSA) is 42.7 Å². The summed E-state index contributed by atoms with van der Waals surface area (Å²) in [4.78, 5) is 14.8. The number of furan rings is 1. The Morgan fingerprint density at radius 3 is 2.79 bits per heavy atom. The molecule has 3 rings (SSSR count). The van der Waals surface area contributed by atoms with Crippen LogP contribution in [0.1, 0.15) is 63.7 Å². The van der Waals surface area contributed by atoms with E-state index in [1.807, 2.05) is 6.26 Å². The minimum absolute atomic E-state index is 0.0298. The van der Waals surface area contributed by atoms with Gasteiger partial charge < -0.3 is 14.1 Å². The zero-order valence-electron chi connectivity index (χ0n) is 18.3. The third-order valence-electron chi connectivity index (χ3n) is 7.67. The van der Waals surface area contributed by atoms with E-state index in [0.717, 1.165) is 50.8 Å². The Morgan fingerprint density at radius 1 is 1.36 bits per heavy atom. The number of esters is 1. The van der Waals surface area contributed by atoms with Crippen molar-refractivity contribution in [3.8, 4) is 0 Å². The predicted molar refractivity (Wildman–Crippen MR) is 112 cm³/mol. The number of allylic oxidation sites excluding steroid dienone is 1. The highest BCUT2D eigenvalue weighted by Gasteiger charge is 2.57. The molecule has 0 amide bonds. The van der Waals surface area contributed by atoms with Crippen LogP contribution in [0.5, 0.6) is 0 Å². The van der Waals surface area contributed by atoms with Crippen LogP contribution in [-0.2, 0) is 22.5 Å². The third kappa shape index (κ3) is 3.68. The summed E-state index contributed by atoms with van der Waals surface area (Å²) in [6, 6.07) is 2.11. The lowest BCUT2D eigenvalue weighted by Crippen LogP contribution is -2.53. The highest BCUT2D eigenvalue weighted by Crippen LogP contribution is 2.62. The molecule has 4 heteroatoms. The summed E-state index contributed by atoms with van der Waals surface area (Å²) >= 11 is 0. The molecular weight excluding hydrogens is 350 g/mol. The maximum absolute atomic E-state index is 12.7. The van der Waals surface area contributed by atoms with E-state index in [1.54, 1.807) is 0 Å². The second-order valence-corrected chi connectivity index (χ2v) is 9.72. The van der Waals surface area contributed by atoms with Gasteiger partial charge in [0, 0.05) is 0 Å². The Balaban J connectivity index is 1.82. The van der Waals surface area contributed by atoms with Crippen LogP contribution in [-0.4, -0.2) is 32.1 Å². The van der Waals surface area contributed by atoms with E-state index >= 15 is 0 Å². The van der Waals surface area contributed by atoms with Crippen LogP contribution < -0.4 is 0 Å². The van der Waals surface area contributed by atoms with Crippen molar-refractivity contribution in [2.24, 2.45) is 22.7 Å². The lowest BCUT2D eigenvalue weighted by atomic mass is 9.46. The number of carbonyl (C=O) groups excluding carboxylic acids is 1. The van der Waals surface area contributed by atoms with Crippen LogP contribution in [0.15, 0.2) is 28.9 Å². The van der Waals surface area contributed by atoms with Gasteiger partial charge in [0.15, 0.2) is 0 Å². The highest BCUT2D eigenvalue weighted by atomic mass is 16.5. The molecule has 0 bridgehead atoms. The minimum atomic E-state index is -0.369. The molecule has 0 N–H and O–H groups in total. The Labute approximate surface area is 170 Å². The van der Waals surface area contributed by atoms with Crippen molar-refractivity contribution < 1.29 is 13.9 Å². The molecule has 1 heterocycles. The van der Waals surface area contributed by atoms with E-state index in [-0.39, 0.29) is 16.8 Å². The molecule has 2 fully saturated rings. The molecule has 2 aliphatic carbocycles. The van der Waals surface area contributed by atoms with Crippen molar-refractivity contribution in [3.63, 3.8) is 0 Å². The standard InChI is InChI=1S/C24H37NO3/c1-17-8-11-21-23(2,13-7-14-24(21,3)22(26)27-6)19(17)10-9-18-12-15-28-20(18)16-25(4)5/h12,15,19,21H,1,7-11,13-14,16H2,2-6H3. The normalized spacial score (nSPS) is 33.0. The summed E-state index contributed by atoms with van der Waals surface area (Å²) in [5.41, 5.74) is 2.42. The summed E-state index contributed by atoms with van der Waals surface area (Å²) in [5, 5.41) is 0. The molecule has 0 aliphatic heterocycles. The van der Waals surface area contributed by atoms with Gasteiger partial charge in [-0.15, -0.1) is 0 Å². The van der Waals surface area contributed by atoms with E-state index in [0.29, 0.717) is 11.8 Å². The number of nitrogens with zero attached hydrogens (tertiary/aromatic N) is 1. The number of fused-ring (bicyclic) bond motifs is 1. The number of carbonyl (C=O) groups is 1. The summed E-state index contributed by atoms with van der Waals surface area (Å²) in [6.45, 7) is 9.84. The van der Waals surface area contributed by atoms with Crippen molar-refractivity contribution in [1.29, 1.82) is 0 Å². The molecule has 2 saturated carbocycles. The van der Waals surface area contributed by atoms with Crippen LogP contribution in [0.2, 0.25) is 0 Å². The number of hydrogen-bond acceptors (Lipinski definition) is 4. The molecule has 0 spiro atoms. The van der Waals surface area contributed by atoms with Gasteiger partial charge in [0.05, 0.1) is 25.3 Å². The molecule has 2 aliphatic rings. The summed E-state index contributed by atoms with van der Waals surface area (Å²) in [6.07, 6.45) is 9.15. The van der Waals surface area contributed by atoms with Gasteiger partial charge in [-0.25, -0.2) is 0 Å². The maximum atomic E-state index is 12.7. The monoisotopic (exact) mass is 387 g/mol. The van der Waals surface area contributed by atoms with Crippen molar-refractivity contribution in [3.05, 3.63) is 35.8 Å². The Bertz CT molecular complexity index is 721. The fourth-order valence-electron chi connectivity index (χ4n) is 6.28. The first-order valence-corrected chi connectivity index (χ1v) is 10.7. The van der Waals surface area contributed by atoms with Crippen LogP contribution in [0.3, 0.4) is 0 Å². The van der Waals surface area contributed by atoms with Crippen LogP contribution in [0, 0.1) is 22.7 Å². The summed E-state index contributed by atoms with van der Waals surface area (Å²) in [7, 11) is 5.66. The Kier molecular flexibility index (Phi) is 6.09. The van der Waals surface area contributed by atoms with Crippen LogP contribution in [0.4, 0.5) is 0 Å². The zero-order valence-corrected chi connectivity index (χ0v) is 18.3. The van der Waals surface area contributed by atoms with Gasteiger partial charge in [0.1, 0.15) is 5.76 Å². The Hall–Kier alpha value is -1.55. The maximum Gasteiger partial charge on any atom is 0.311 e. The van der Waals surface area contributed by atoms with E-state index in [9.17, 15) is 4.79 Å². The number of rotatable bonds is 6. The molecular formula is C24H37NO3. The predicted octanol–water partition coefficient (Wildman–Crippen LogP) is 5.23. The molecule has 0 saturated heterocycles. The van der Waals surface area contributed by atoms with E-state index < -0.39 is 0 Å². The minimum Gasteiger partial charge on any atom is -0.469 e. The molecule has 1 aromatic rings.